The van der Waals surface area contributed by atoms with Crippen molar-refractivity contribution in [2.24, 2.45) is 0 Å². The summed E-state index contributed by atoms with van der Waals surface area (Å²) in [6, 6.07) is 14.9. The number of aromatic nitrogens is 1. The van der Waals surface area contributed by atoms with Crippen molar-refractivity contribution < 1.29 is 14.3 Å². The van der Waals surface area contributed by atoms with Crippen LogP contribution < -0.4 is 15.4 Å². The van der Waals surface area contributed by atoms with Crippen LogP contribution in [-0.4, -0.2) is 30.5 Å². The van der Waals surface area contributed by atoms with Crippen LogP contribution in [0.1, 0.15) is 15.9 Å². The summed E-state index contributed by atoms with van der Waals surface area (Å²) in [4.78, 5) is 24.0. The molecule has 2 N–H and O–H groups in total. The number of hydrogen-bond donors (Lipinski definition) is 2. The molecule has 0 saturated carbocycles. The molecule has 0 radical (unpaired) electrons. The molecule has 0 atom stereocenters. The molecule has 0 aliphatic rings. The van der Waals surface area contributed by atoms with Crippen LogP contribution in [0.15, 0.2) is 54.7 Å². The van der Waals surface area contributed by atoms with Crippen LogP contribution in [0.5, 0.6) is 5.75 Å². The lowest BCUT2D eigenvalue weighted by atomic mass is 10.1. The first-order valence-corrected chi connectivity index (χ1v) is 8.31. The lowest BCUT2D eigenvalue weighted by molar-refractivity contribution is -0.121. The maximum Gasteiger partial charge on any atom is 0.251 e. The van der Waals surface area contributed by atoms with Crippen molar-refractivity contribution in [3.8, 4) is 5.75 Å². The number of ether oxygens (including phenoxy) is 1. The van der Waals surface area contributed by atoms with Gasteiger partial charge in [-0.15, -0.1) is 0 Å². The van der Waals surface area contributed by atoms with Crippen molar-refractivity contribution in [2.45, 2.75) is 13.1 Å². The summed E-state index contributed by atoms with van der Waals surface area (Å²) < 4.78 is 7.11. The molecule has 6 heteroatoms. The van der Waals surface area contributed by atoms with Gasteiger partial charge in [-0.2, -0.15) is 0 Å². The van der Waals surface area contributed by atoms with E-state index in [1.54, 1.807) is 32.4 Å². The Bertz CT molecular complexity index is 946. The molecule has 0 bridgehead atoms. The van der Waals surface area contributed by atoms with Gasteiger partial charge >= 0.3 is 0 Å². The Kier molecular flexibility index (Phi) is 5.22. The van der Waals surface area contributed by atoms with Gasteiger partial charge in [-0.1, -0.05) is 12.1 Å². The van der Waals surface area contributed by atoms with Crippen molar-refractivity contribution in [3.63, 3.8) is 0 Å². The molecule has 134 valence electrons. The van der Waals surface area contributed by atoms with Crippen LogP contribution in [0.4, 0.5) is 0 Å². The molecule has 3 aromatic rings. The molecule has 1 aromatic heterocycles. The second-order valence-electron chi connectivity index (χ2n) is 5.92. The maximum absolute atomic E-state index is 12.3. The highest BCUT2D eigenvalue weighted by Crippen LogP contribution is 2.21. The quantitative estimate of drug-likeness (QED) is 0.716. The zero-order chi connectivity index (χ0) is 18.5. The number of nitrogens with zero attached hydrogens (tertiary/aromatic N) is 1. The summed E-state index contributed by atoms with van der Waals surface area (Å²) >= 11 is 0. The van der Waals surface area contributed by atoms with E-state index >= 15 is 0 Å². The van der Waals surface area contributed by atoms with Gasteiger partial charge in [0.2, 0.25) is 5.91 Å². The van der Waals surface area contributed by atoms with Gasteiger partial charge < -0.3 is 19.9 Å². The highest BCUT2D eigenvalue weighted by Gasteiger charge is 2.08. The van der Waals surface area contributed by atoms with Gasteiger partial charge in [-0.05, 0) is 42.0 Å². The number of carbonyl (C=O) groups is 2. The van der Waals surface area contributed by atoms with Gasteiger partial charge in [0.1, 0.15) is 12.3 Å². The van der Waals surface area contributed by atoms with E-state index in [1.807, 2.05) is 41.1 Å². The molecule has 6 nitrogen and oxygen atoms in total. The minimum absolute atomic E-state index is 0.0938. The summed E-state index contributed by atoms with van der Waals surface area (Å²) in [5.41, 5.74) is 2.42. The highest BCUT2D eigenvalue weighted by molar-refractivity contribution is 5.94. The lowest BCUT2D eigenvalue weighted by Crippen LogP contribution is -2.27. The number of carbonyl (C=O) groups excluding carboxylic acids is 2. The second-order valence-corrected chi connectivity index (χ2v) is 5.92. The van der Waals surface area contributed by atoms with Crippen LogP contribution in [0.3, 0.4) is 0 Å². The van der Waals surface area contributed by atoms with Crippen molar-refractivity contribution in [1.29, 1.82) is 0 Å². The number of methoxy groups -OCH3 is 1. The first-order chi connectivity index (χ1) is 12.6. The van der Waals surface area contributed by atoms with E-state index in [2.05, 4.69) is 10.6 Å². The first-order valence-electron chi connectivity index (χ1n) is 8.31. The summed E-state index contributed by atoms with van der Waals surface area (Å²) in [7, 11) is 3.22. The van der Waals surface area contributed by atoms with Gasteiger partial charge in [0.25, 0.3) is 5.91 Å². The zero-order valence-corrected chi connectivity index (χ0v) is 14.8. The van der Waals surface area contributed by atoms with Gasteiger partial charge in [-0.3, -0.25) is 9.59 Å². The van der Waals surface area contributed by atoms with E-state index in [9.17, 15) is 9.59 Å². The van der Waals surface area contributed by atoms with Crippen molar-refractivity contribution in [3.05, 3.63) is 65.9 Å². The third-order valence-corrected chi connectivity index (χ3v) is 4.20. The normalized spacial score (nSPS) is 10.5. The third-order valence-electron chi connectivity index (χ3n) is 4.20. The number of benzene rings is 2. The Hall–Kier alpha value is -3.28. The van der Waals surface area contributed by atoms with Gasteiger partial charge in [0, 0.05) is 36.3 Å². The Balaban J connectivity index is 1.64. The van der Waals surface area contributed by atoms with Crippen molar-refractivity contribution in [2.75, 3.05) is 14.2 Å². The van der Waals surface area contributed by atoms with E-state index in [4.69, 9.17) is 4.74 Å². The van der Waals surface area contributed by atoms with E-state index in [1.165, 1.54) is 0 Å². The fourth-order valence-electron chi connectivity index (χ4n) is 2.82. The van der Waals surface area contributed by atoms with Gasteiger partial charge in [0.15, 0.2) is 0 Å². The molecule has 26 heavy (non-hydrogen) atoms. The predicted molar refractivity (Wildman–Crippen MR) is 100 cm³/mol. The molecule has 0 unspecified atom stereocenters. The fourth-order valence-corrected chi connectivity index (χ4v) is 2.82. The van der Waals surface area contributed by atoms with Crippen LogP contribution in [0.25, 0.3) is 10.9 Å². The molecule has 2 aromatic carbocycles. The third kappa shape index (κ3) is 3.85. The Morgan fingerprint density at radius 1 is 1.12 bits per heavy atom. The number of amides is 2. The minimum Gasteiger partial charge on any atom is -0.497 e. The molecular weight excluding hydrogens is 330 g/mol. The molecule has 3 rings (SSSR count). The number of nitrogens with one attached hydrogen (secondary N) is 2. The number of fused-ring (bicyclic) bond motifs is 1. The Morgan fingerprint density at radius 2 is 1.96 bits per heavy atom. The summed E-state index contributed by atoms with van der Waals surface area (Å²) in [5.74, 6) is 0.548. The van der Waals surface area contributed by atoms with Crippen LogP contribution >= 0.6 is 0 Å². The predicted octanol–water partition coefficient (Wildman–Crippen LogP) is 2.33. The average molecular weight is 351 g/mol. The molecule has 0 saturated heterocycles. The molecule has 0 aliphatic carbocycles. The molecule has 0 aliphatic heterocycles. The van der Waals surface area contributed by atoms with Crippen LogP contribution in [0.2, 0.25) is 0 Å². The van der Waals surface area contributed by atoms with Crippen LogP contribution in [-0.2, 0) is 17.9 Å². The Morgan fingerprint density at radius 3 is 2.73 bits per heavy atom. The molecule has 1 heterocycles. The maximum atomic E-state index is 12.3. The average Bonchev–Trinajstić information content (AvgIpc) is 3.07. The summed E-state index contributed by atoms with van der Waals surface area (Å²) in [5, 5.41) is 6.51. The topological polar surface area (TPSA) is 72.4 Å². The molecule has 0 fully saturated rings. The minimum atomic E-state index is -0.146. The lowest BCUT2D eigenvalue weighted by Gasteiger charge is -2.09. The summed E-state index contributed by atoms with van der Waals surface area (Å²) in [6.45, 7) is 0.599. The standard InChI is InChI=1S/C20H21N3O3/c1-21-20(25)16-5-3-4-14(10-16)12-22-19(24)13-23-9-8-15-11-17(26-2)6-7-18(15)23/h3-11H,12-13H2,1-2H3,(H,21,25)(H,22,24). The Labute approximate surface area is 151 Å². The van der Waals surface area contributed by atoms with Gasteiger partial charge in [-0.25, -0.2) is 0 Å². The SMILES string of the molecule is CNC(=O)c1cccc(CNC(=O)Cn2ccc3cc(OC)ccc32)c1. The monoisotopic (exact) mass is 351 g/mol. The molecular formula is C20H21N3O3. The van der Waals surface area contributed by atoms with E-state index < -0.39 is 0 Å². The molecule has 2 amide bonds. The second kappa shape index (κ2) is 7.74. The van der Waals surface area contributed by atoms with Crippen LogP contribution in [0, 0.1) is 0 Å². The number of hydrogen-bond acceptors (Lipinski definition) is 3. The number of rotatable bonds is 6. The molecule has 0 spiro atoms. The van der Waals surface area contributed by atoms with Crippen molar-refractivity contribution >= 4 is 22.7 Å². The van der Waals surface area contributed by atoms with Crippen molar-refractivity contribution in [1.82, 2.24) is 15.2 Å². The first kappa shape index (κ1) is 17.5. The zero-order valence-electron chi connectivity index (χ0n) is 14.8. The smallest absolute Gasteiger partial charge is 0.251 e. The van der Waals surface area contributed by atoms with E-state index in [-0.39, 0.29) is 18.4 Å². The largest absolute Gasteiger partial charge is 0.497 e. The summed E-state index contributed by atoms with van der Waals surface area (Å²) in [6.07, 6.45) is 1.88. The fraction of sp³-hybridized carbons (Fsp3) is 0.200. The van der Waals surface area contributed by atoms with E-state index in [0.717, 1.165) is 22.2 Å². The highest BCUT2D eigenvalue weighted by atomic mass is 16.5. The van der Waals surface area contributed by atoms with Gasteiger partial charge in [0.05, 0.1) is 7.11 Å². The van der Waals surface area contributed by atoms with E-state index in [0.29, 0.717) is 12.1 Å².